The molecule has 0 fully saturated rings. The summed E-state index contributed by atoms with van der Waals surface area (Å²) in [7, 11) is 0.728. The average molecular weight is 242 g/mol. The van der Waals surface area contributed by atoms with E-state index in [1.807, 2.05) is 19.1 Å². The molecule has 5 heteroatoms. The van der Waals surface area contributed by atoms with Gasteiger partial charge in [-0.25, -0.2) is 0 Å². The van der Waals surface area contributed by atoms with Crippen molar-refractivity contribution in [2.24, 2.45) is 5.73 Å². The lowest BCUT2D eigenvalue weighted by atomic mass is 10.3. The summed E-state index contributed by atoms with van der Waals surface area (Å²) >= 11 is 0. The molecule has 0 spiro atoms. The first-order valence-electron chi connectivity index (χ1n) is 5.22. The second-order valence-corrected chi connectivity index (χ2v) is 5.15. The van der Waals surface area contributed by atoms with Crippen LogP contribution in [0.25, 0.3) is 0 Å². The van der Waals surface area contributed by atoms with Gasteiger partial charge in [0.1, 0.15) is 5.75 Å². The van der Waals surface area contributed by atoms with Gasteiger partial charge in [0, 0.05) is 34.4 Å². The van der Waals surface area contributed by atoms with Crippen LogP contribution in [0.2, 0.25) is 0 Å². The summed E-state index contributed by atoms with van der Waals surface area (Å²) in [5.74, 6) is 1.87. The lowest BCUT2D eigenvalue weighted by Gasteiger charge is -2.05. The van der Waals surface area contributed by atoms with Crippen LogP contribution >= 0.6 is 0 Å². The minimum atomic E-state index is -0.887. The van der Waals surface area contributed by atoms with Crippen LogP contribution in [0.5, 0.6) is 5.75 Å². The maximum atomic E-state index is 11.7. The van der Waals surface area contributed by atoms with Crippen molar-refractivity contribution in [3.8, 4) is 5.75 Å². The molecule has 0 aliphatic carbocycles. The summed E-state index contributed by atoms with van der Waals surface area (Å²) in [4.78, 5) is 4.33. The van der Waals surface area contributed by atoms with Gasteiger partial charge in [0.2, 0.25) is 0 Å². The Hall–Kier alpha value is -0.940. The zero-order chi connectivity index (χ0) is 12.0. The van der Waals surface area contributed by atoms with E-state index in [9.17, 15) is 4.21 Å². The minimum Gasteiger partial charge on any atom is -0.497 e. The molecule has 1 heterocycles. The molecule has 0 aliphatic heterocycles. The molecule has 1 aromatic rings. The monoisotopic (exact) mass is 242 g/mol. The largest absolute Gasteiger partial charge is 0.497 e. The predicted octanol–water partition coefficient (Wildman–Crippen LogP) is 0.996. The van der Waals surface area contributed by atoms with Crippen LogP contribution in [0.3, 0.4) is 0 Å². The van der Waals surface area contributed by atoms with Gasteiger partial charge in [0.05, 0.1) is 18.6 Å². The van der Waals surface area contributed by atoms with Crippen LogP contribution in [0.15, 0.2) is 12.1 Å². The molecule has 1 atom stereocenters. The molecular formula is C11H18N2O2S. The fourth-order valence-electron chi connectivity index (χ4n) is 1.38. The quantitative estimate of drug-likeness (QED) is 0.808. The Morgan fingerprint density at radius 3 is 2.88 bits per heavy atom. The van der Waals surface area contributed by atoms with Crippen LogP contribution in [0.1, 0.15) is 17.8 Å². The maximum absolute atomic E-state index is 11.7. The maximum Gasteiger partial charge on any atom is 0.122 e. The zero-order valence-corrected chi connectivity index (χ0v) is 10.5. The predicted molar refractivity (Wildman–Crippen MR) is 65.9 cm³/mol. The van der Waals surface area contributed by atoms with Gasteiger partial charge in [-0.05, 0) is 19.9 Å². The van der Waals surface area contributed by atoms with Gasteiger partial charge in [0.25, 0.3) is 0 Å². The van der Waals surface area contributed by atoms with Gasteiger partial charge in [-0.3, -0.25) is 9.19 Å². The van der Waals surface area contributed by atoms with Crippen molar-refractivity contribution in [2.75, 3.05) is 19.4 Å². The molecule has 2 N–H and O–H groups in total. The van der Waals surface area contributed by atoms with E-state index in [2.05, 4.69) is 4.98 Å². The molecule has 0 amide bonds. The number of nitrogens with zero attached hydrogens (tertiary/aromatic N) is 1. The van der Waals surface area contributed by atoms with Crippen molar-refractivity contribution in [2.45, 2.75) is 19.1 Å². The third-order valence-corrected chi connectivity index (χ3v) is 3.46. The van der Waals surface area contributed by atoms with E-state index in [0.717, 1.165) is 23.6 Å². The lowest BCUT2D eigenvalue weighted by Crippen LogP contribution is -2.08. The highest BCUT2D eigenvalue weighted by Gasteiger charge is 2.05. The van der Waals surface area contributed by atoms with Crippen LogP contribution in [0.4, 0.5) is 0 Å². The van der Waals surface area contributed by atoms with Crippen molar-refractivity contribution >= 4 is 10.8 Å². The Morgan fingerprint density at radius 1 is 1.50 bits per heavy atom. The van der Waals surface area contributed by atoms with Crippen molar-refractivity contribution in [1.29, 1.82) is 0 Å². The lowest BCUT2D eigenvalue weighted by molar-refractivity contribution is 0.413. The molecule has 0 aromatic carbocycles. The molecule has 0 radical (unpaired) electrons. The summed E-state index contributed by atoms with van der Waals surface area (Å²) in [6.45, 7) is 2.48. The molecule has 0 saturated heterocycles. The fourth-order valence-corrected chi connectivity index (χ4v) is 2.49. The number of hydrogen-bond donors (Lipinski definition) is 1. The van der Waals surface area contributed by atoms with E-state index < -0.39 is 10.8 Å². The van der Waals surface area contributed by atoms with Gasteiger partial charge in [0.15, 0.2) is 0 Å². The highest BCUT2D eigenvalue weighted by atomic mass is 32.2. The first kappa shape index (κ1) is 13.1. The van der Waals surface area contributed by atoms with Crippen molar-refractivity contribution < 1.29 is 8.95 Å². The summed E-state index contributed by atoms with van der Waals surface area (Å²) in [6, 6.07) is 3.68. The van der Waals surface area contributed by atoms with E-state index in [1.165, 1.54) is 0 Å². The number of ether oxygens (including phenoxy) is 1. The van der Waals surface area contributed by atoms with Gasteiger partial charge in [-0.1, -0.05) is 0 Å². The normalized spacial score (nSPS) is 12.4. The number of methoxy groups -OCH3 is 1. The molecule has 1 rings (SSSR count). The molecule has 16 heavy (non-hydrogen) atoms. The van der Waals surface area contributed by atoms with Gasteiger partial charge >= 0.3 is 0 Å². The van der Waals surface area contributed by atoms with Crippen LogP contribution in [0, 0.1) is 6.92 Å². The molecule has 4 nitrogen and oxygen atoms in total. The number of hydrogen-bond acceptors (Lipinski definition) is 4. The number of rotatable bonds is 6. The Morgan fingerprint density at radius 2 is 2.25 bits per heavy atom. The number of aromatic nitrogens is 1. The highest BCUT2D eigenvalue weighted by molar-refractivity contribution is 7.84. The van der Waals surface area contributed by atoms with E-state index in [0.29, 0.717) is 18.1 Å². The smallest absolute Gasteiger partial charge is 0.122 e. The van der Waals surface area contributed by atoms with E-state index in [1.54, 1.807) is 7.11 Å². The molecule has 0 saturated carbocycles. The fraction of sp³-hybridized carbons (Fsp3) is 0.545. The van der Waals surface area contributed by atoms with E-state index >= 15 is 0 Å². The third-order valence-electron chi connectivity index (χ3n) is 2.10. The van der Waals surface area contributed by atoms with E-state index in [4.69, 9.17) is 10.5 Å². The summed E-state index contributed by atoms with van der Waals surface area (Å²) in [5.41, 5.74) is 7.06. The molecule has 90 valence electrons. The second kappa shape index (κ2) is 6.60. The molecule has 0 bridgehead atoms. The van der Waals surface area contributed by atoms with Crippen LogP contribution in [-0.4, -0.2) is 28.6 Å². The first-order chi connectivity index (χ1) is 7.65. The molecule has 1 aromatic heterocycles. The number of nitrogens with two attached hydrogens (primary N) is 1. The Balaban J connectivity index is 2.65. The first-order valence-corrected chi connectivity index (χ1v) is 6.71. The van der Waals surface area contributed by atoms with Crippen LogP contribution in [-0.2, 0) is 16.6 Å². The summed E-state index contributed by atoms with van der Waals surface area (Å²) < 4.78 is 16.8. The third kappa shape index (κ3) is 4.28. The van der Waals surface area contributed by atoms with Gasteiger partial charge < -0.3 is 10.5 Å². The van der Waals surface area contributed by atoms with Crippen molar-refractivity contribution in [3.63, 3.8) is 0 Å². The zero-order valence-electron chi connectivity index (χ0n) is 9.73. The van der Waals surface area contributed by atoms with Crippen LogP contribution < -0.4 is 10.5 Å². The van der Waals surface area contributed by atoms with Gasteiger partial charge in [-0.2, -0.15) is 0 Å². The number of aryl methyl sites for hydroxylation is 1. The Bertz CT molecular complexity index is 369. The molecule has 0 aliphatic rings. The minimum absolute atomic E-state index is 0.470. The average Bonchev–Trinajstić information content (AvgIpc) is 2.25. The Kier molecular flexibility index (Phi) is 5.42. The molecular weight excluding hydrogens is 224 g/mol. The topological polar surface area (TPSA) is 65.2 Å². The highest BCUT2D eigenvalue weighted by Crippen LogP contribution is 2.14. The standard InChI is InChI=1S/C11H18N2O2S/c1-9-6-11(15-2)7-10(13-9)8-16(14)5-3-4-12/h6-7H,3-5,8,12H2,1-2H3. The van der Waals surface area contributed by atoms with Crippen molar-refractivity contribution in [3.05, 3.63) is 23.5 Å². The Labute approximate surface area is 98.7 Å². The summed E-state index contributed by atoms with van der Waals surface area (Å²) in [6.07, 6.45) is 0.787. The SMILES string of the molecule is COc1cc(C)nc(CS(=O)CCCN)c1. The van der Waals surface area contributed by atoms with E-state index in [-0.39, 0.29) is 0 Å². The molecule has 1 unspecified atom stereocenters. The van der Waals surface area contributed by atoms with Crippen molar-refractivity contribution in [1.82, 2.24) is 4.98 Å². The second-order valence-electron chi connectivity index (χ2n) is 3.57. The number of pyridine rings is 1. The summed E-state index contributed by atoms with van der Waals surface area (Å²) in [5, 5.41) is 0. The van der Waals surface area contributed by atoms with Gasteiger partial charge in [-0.15, -0.1) is 0 Å².